The fraction of sp³-hybridized carbons (Fsp3) is 0.316. The third-order valence-electron chi connectivity index (χ3n) is 4.08. The molecule has 0 saturated heterocycles. The number of carbonyl (C=O) groups excluding carboxylic acids is 1. The predicted octanol–water partition coefficient (Wildman–Crippen LogP) is 3.03. The summed E-state index contributed by atoms with van der Waals surface area (Å²) >= 11 is 0. The Labute approximate surface area is 164 Å². The van der Waals surface area contributed by atoms with Crippen molar-refractivity contribution in [1.82, 2.24) is 0 Å². The zero-order valence-electron chi connectivity index (χ0n) is 16.1. The average Bonchev–Trinajstić information content (AvgIpc) is 2.66. The van der Waals surface area contributed by atoms with E-state index in [1.54, 1.807) is 25.1 Å². The monoisotopic (exact) mass is 410 g/mol. The maximum atomic E-state index is 13.2. The van der Waals surface area contributed by atoms with Crippen LogP contribution in [0.1, 0.15) is 13.3 Å². The van der Waals surface area contributed by atoms with Crippen LogP contribution in [0.25, 0.3) is 0 Å². The summed E-state index contributed by atoms with van der Waals surface area (Å²) in [5, 5.41) is 2.70. The van der Waals surface area contributed by atoms with Gasteiger partial charge in [-0.25, -0.2) is 12.8 Å². The van der Waals surface area contributed by atoms with Gasteiger partial charge in [0.05, 0.1) is 31.9 Å². The second-order valence-electron chi connectivity index (χ2n) is 6.01. The maximum absolute atomic E-state index is 13.2. The lowest BCUT2D eigenvalue weighted by Crippen LogP contribution is -2.47. The number of nitrogens with one attached hydrogen (secondary N) is 1. The summed E-state index contributed by atoms with van der Waals surface area (Å²) in [5.41, 5.74) is 0.576. The highest BCUT2D eigenvalue weighted by Crippen LogP contribution is 2.30. The first-order valence-electron chi connectivity index (χ1n) is 8.49. The molecule has 0 aliphatic heterocycles. The van der Waals surface area contributed by atoms with Gasteiger partial charge in [-0.2, -0.15) is 0 Å². The lowest BCUT2D eigenvalue weighted by molar-refractivity contribution is -0.117. The van der Waals surface area contributed by atoms with E-state index in [-0.39, 0.29) is 12.1 Å². The van der Waals surface area contributed by atoms with Gasteiger partial charge >= 0.3 is 0 Å². The van der Waals surface area contributed by atoms with Crippen molar-refractivity contribution in [2.45, 2.75) is 19.4 Å². The number of benzene rings is 2. The Morgan fingerprint density at radius 1 is 1.14 bits per heavy atom. The van der Waals surface area contributed by atoms with Gasteiger partial charge in [0.1, 0.15) is 23.4 Å². The van der Waals surface area contributed by atoms with Crippen LogP contribution in [-0.2, 0) is 14.8 Å². The Morgan fingerprint density at radius 2 is 1.79 bits per heavy atom. The highest BCUT2D eigenvalue weighted by molar-refractivity contribution is 7.92. The van der Waals surface area contributed by atoms with Gasteiger partial charge in [0.2, 0.25) is 15.9 Å². The number of methoxy groups -OCH3 is 2. The summed E-state index contributed by atoms with van der Waals surface area (Å²) in [4.78, 5) is 12.9. The summed E-state index contributed by atoms with van der Waals surface area (Å²) in [6.45, 7) is 1.69. The molecule has 0 aliphatic carbocycles. The minimum absolute atomic E-state index is 0.201. The molecule has 1 amide bonds. The fourth-order valence-corrected chi connectivity index (χ4v) is 3.98. The molecule has 0 heterocycles. The van der Waals surface area contributed by atoms with Gasteiger partial charge in [-0.1, -0.05) is 6.92 Å². The Kier molecular flexibility index (Phi) is 6.85. The number of carbonyl (C=O) groups is 1. The molecule has 152 valence electrons. The fourth-order valence-electron chi connectivity index (χ4n) is 2.77. The van der Waals surface area contributed by atoms with Crippen molar-refractivity contribution in [2.24, 2.45) is 0 Å². The quantitative estimate of drug-likeness (QED) is 0.723. The third kappa shape index (κ3) is 4.92. The molecule has 2 aromatic rings. The van der Waals surface area contributed by atoms with E-state index in [0.29, 0.717) is 17.2 Å². The van der Waals surface area contributed by atoms with Crippen LogP contribution >= 0.6 is 0 Å². The number of rotatable bonds is 8. The van der Waals surface area contributed by atoms with Crippen LogP contribution in [0.2, 0.25) is 0 Å². The Hall–Kier alpha value is -2.81. The molecule has 0 spiro atoms. The lowest BCUT2D eigenvalue weighted by Gasteiger charge is -2.30. The molecule has 0 saturated carbocycles. The molecule has 1 N–H and O–H groups in total. The van der Waals surface area contributed by atoms with Gasteiger partial charge in [-0.05, 0) is 42.8 Å². The van der Waals surface area contributed by atoms with Gasteiger partial charge in [0.15, 0.2) is 0 Å². The van der Waals surface area contributed by atoms with Gasteiger partial charge in [0.25, 0.3) is 0 Å². The number of anilines is 2. The minimum atomic E-state index is -3.81. The Balaban J connectivity index is 2.38. The van der Waals surface area contributed by atoms with E-state index in [0.717, 1.165) is 22.7 Å². The van der Waals surface area contributed by atoms with Crippen LogP contribution < -0.4 is 19.1 Å². The zero-order valence-corrected chi connectivity index (χ0v) is 16.9. The second-order valence-corrected chi connectivity index (χ2v) is 7.87. The summed E-state index contributed by atoms with van der Waals surface area (Å²) in [5.74, 6) is -0.125. The van der Waals surface area contributed by atoms with Crippen LogP contribution in [0.15, 0.2) is 42.5 Å². The number of amides is 1. The van der Waals surface area contributed by atoms with Crippen LogP contribution in [0.3, 0.4) is 0 Å². The largest absolute Gasteiger partial charge is 0.497 e. The molecule has 28 heavy (non-hydrogen) atoms. The molecule has 0 unspecified atom stereocenters. The van der Waals surface area contributed by atoms with Crippen LogP contribution in [0.5, 0.6) is 11.5 Å². The number of ether oxygens (including phenoxy) is 2. The first-order valence-corrected chi connectivity index (χ1v) is 10.3. The van der Waals surface area contributed by atoms with Crippen molar-refractivity contribution in [3.05, 3.63) is 48.3 Å². The molecule has 2 rings (SSSR count). The summed E-state index contributed by atoms with van der Waals surface area (Å²) in [6, 6.07) is 8.74. The van der Waals surface area contributed by atoms with Gasteiger partial charge in [-0.15, -0.1) is 0 Å². The van der Waals surface area contributed by atoms with E-state index >= 15 is 0 Å². The predicted molar refractivity (Wildman–Crippen MR) is 106 cm³/mol. The number of sulfonamides is 1. The van der Waals surface area contributed by atoms with Crippen molar-refractivity contribution in [3.63, 3.8) is 0 Å². The van der Waals surface area contributed by atoms with E-state index in [2.05, 4.69) is 5.32 Å². The minimum Gasteiger partial charge on any atom is -0.497 e. The van der Waals surface area contributed by atoms with Crippen molar-refractivity contribution < 1.29 is 27.1 Å². The van der Waals surface area contributed by atoms with E-state index in [1.165, 1.54) is 26.4 Å². The van der Waals surface area contributed by atoms with Crippen molar-refractivity contribution >= 4 is 27.3 Å². The molecule has 1 atom stereocenters. The average molecular weight is 410 g/mol. The third-order valence-corrected chi connectivity index (χ3v) is 5.26. The van der Waals surface area contributed by atoms with Gasteiger partial charge in [0, 0.05) is 6.07 Å². The number of nitrogens with zero attached hydrogens (tertiary/aromatic N) is 1. The van der Waals surface area contributed by atoms with Crippen LogP contribution in [-0.4, -0.2) is 40.8 Å². The maximum Gasteiger partial charge on any atom is 0.248 e. The number of hydrogen-bond donors (Lipinski definition) is 1. The van der Waals surface area contributed by atoms with E-state index < -0.39 is 27.8 Å². The highest BCUT2D eigenvalue weighted by Gasteiger charge is 2.32. The summed E-state index contributed by atoms with van der Waals surface area (Å²) < 4.78 is 49.4. The van der Waals surface area contributed by atoms with E-state index in [9.17, 15) is 17.6 Å². The smallest absolute Gasteiger partial charge is 0.248 e. The zero-order chi connectivity index (χ0) is 20.9. The van der Waals surface area contributed by atoms with E-state index in [4.69, 9.17) is 9.47 Å². The van der Waals surface area contributed by atoms with Crippen molar-refractivity contribution in [2.75, 3.05) is 30.1 Å². The topological polar surface area (TPSA) is 84.9 Å². The van der Waals surface area contributed by atoms with E-state index in [1.807, 2.05) is 0 Å². The normalized spacial score (nSPS) is 12.2. The molecule has 0 radical (unpaired) electrons. The molecular weight excluding hydrogens is 387 g/mol. The molecular formula is C19H23FN2O5S. The number of halogens is 1. The lowest BCUT2D eigenvalue weighted by atomic mass is 10.1. The molecule has 9 heteroatoms. The summed E-state index contributed by atoms with van der Waals surface area (Å²) in [7, 11) is -0.853. The molecule has 0 aromatic heterocycles. The SMILES string of the molecule is CC[C@H](C(=O)Nc1ccc(OC)cc1OC)N(c1ccc(F)cc1)S(C)(=O)=O. The first-order chi connectivity index (χ1) is 13.2. The Bertz CT molecular complexity index is 932. The second kappa shape index (κ2) is 8.92. The van der Waals surface area contributed by atoms with Crippen molar-refractivity contribution in [1.29, 1.82) is 0 Å². The molecule has 0 bridgehead atoms. The van der Waals surface area contributed by atoms with Gasteiger partial charge < -0.3 is 14.8 Å². The summed E-state index contributed by atoms with van der Waals surface area (Å²) in [6.07, 6.45) is 1.20. The first kappa shape index (κ1) is 21.5. The Morgan fingerprint density at radius 3 is 2.29 bits per heavy atom. The number of hydrogen-bond acceptors (Lipinski definition) is 5. The molecule has 2 aromatic carbocycles. The molecule has 0 aliphatic rings. The highest BCUT2D eigenvalue weighted by atomic mass is 32.2. The molecule has 7 nitrogen and oxygen atoms in total. The van der Waals surface area contributed by atoms with Crippen molar-refractivity contribution in [3.8, 4) is 11.5 Å². The van der Waals surface area contributed by atoms with Crippen LogP contribution in [0.4, 0.5) is 15.8 Å². The van der Waals surface area contributed by atoms with Gasteiger partial charge in [-0.3, -0.25) is 9.10 Å². The standard InChI is InChI=1S/C19H23FN2O5S/c1-5-17(22(28(4,24)25)14-8-6-13(20)7-9-14)19(23)21-16-11-10-15(26-2)12-18(16)27-3/h6-12,17H,5H2,1-4H3,(H,21,23)/t17-/m1/s1. The van der Waals surface area contributed by atoms with Crippen LogP contribution in [0, 0.1) is 5.82 Å². The molecule has 0 fully saturated rings.